The van der Waals surface area contributed by atoms with Crippen LogP contribution in [0, 0.1) is 22.7 Å². The van der Waals surface area contributed by atoms with E-state index >= 15 is 0 Å². The third-order valence-corrected chi connectivity index (χ3v) is 11.4. The topological polar surface area (TPSA) is 142 Å². The van der Waals surface area contributed by atoms with Crippen LogP contribution in [0.3, 0.4) is 0 Å². The molecule has 4 heterocycles. The number of cyclic esters (lactones) is 1. The van der Waals surface area contributed by atoms with E-state index < -0.39 is 41.7 Å². The van der Waals surface area contributed by atoms with Crippen molar-refractivity contribution in [3.05, 3.63) is 84.0 Å². The Morgan fingerprint density at radius 2 is 2.08 bits per heavy atom. The number of aliphatic hydroxyl groups is 2. The number of ether oxygens (including phenoxy) is 2. The fourth-order valence-electron chi connectivity index (χ4n) is 8.78. The molecule has 5 aliphatic rings. The minimum Gasteiger partial charge on any atom is -0.464 e. The van der Waals surface area contributed by atoms with Crippen molar-refractivity contribution in [2.45, 2.75) is 77.2 Å². The number of amides is 1. The van der Waals surface area contributed by atoms with Gasteiger partial charge < -0.3 is 25.0 Å². The molecule has 11 heteroatoms. The van der Waals surface area contributed by atoms with E-state index in [1.54, 1.807) is 43.4 Å². The zero-order chi connectivity index (χ0) is 34.4. The third kappa shape index (κ3) is 5.82. The molecule has 1 amide bonds. The highest BCUT2D eigenvalue weighted by Gasteiger charge is 2.58. The van der Waals surface area contributed by atoms with E-state index in [-0.39, 0.29) is 36.4 Å². The van der Waals surface area contributed by atoms with Gasteiger partial charge in [-0.3, -0.25) is 14.6 Å². The van der Waals surface area contributed by atoms with Gasteiger partial charge in [-0.05, 0) is 99.3 Å². The highest BCUT2D eigenvalue weighted by Crippen LogP contribution is 2.62. The second kappa shape index (κ2) is 13.1. The zero-order valence-corrected chi connectivity index (χ0v) is 28.1. The summed E-state index contributed by atoms with van der Waals surface area (Å²) in [5, 5.41) is 25.0. The summed E-state index contributed by atoms with van der Waals surface area (Å²) in [5.74, 6) is -0.413. The quantitative estimate of drug-likeness (QED) is 0.204. The first-order valence-electron chi connectivity index (χ1n) is 16.8. The molecule has 3 fully saturated rings. The number of aliphatic hydroxyl groups excluding tert-OH is 2. The number of allylic oxidation sites excluding steroid dienone is 5. The maximum absolute atomic E-state index is 13.6. The molecule has 0 radical (unpaired) electrons. The van der Waals surface area contributed by atoms with Crippen molar-refractivity contribution < 1.29 is 34.1 Å². The molecular formula is C37H46N4O7. The van der Waals surface area contributed by atoms with Crippen LogP contribution < -0.4 is 5.32 Å². The van der Waals surface area contributed by atoms with Crippen molar-refractivity contribution in [1.82, 2.24) is 14.8 Å². The molecule has 256 valence electrons. The Morgan fingerprint density at radius 3 is 2.79 bits per heavy atom. The minimum atomic E-state index is -1.03. The van der Waals surface area contributed by atoms with Gasteiger partial charge in [0.25, 0.3) is 5.91 Å². The van der Waals surface area contributed by atoms with Gasteiger partial charge in [-0.2, -0.15) is 0 Å². The van der Waals surface area contributed by atoms with Gasteiger partial charge in [0.2, 0.25) is 0 Å². The number of hydrogen-bond donors (Lipinski definition) is 3. The monoisotopic (exact) mass is 658 g/mol. The Bertz CT molecular complexity index is 1600. The summed E-state index contributed by atoms with van der Waals surface area (Å²) >= 11 is 0. The van der Waals surface area contributed by atoms with Gasteiger partial charge in [0.1, 0.15) is 17.7 Å². The van der Waals surface area contributed by atoms with Crippen molar-refractivity contribution >= 4 is 23.7 Å². The molecule has 11 nitrogen and oxygen atoms in total. The van der Waals surface area contributed by atoms with Crippen molar-refractivity contribution in [3.8, 4) is 0 Å². The highest BCUT2D eigenvalue weighted by atomic mass is 16.5. The first-order chi connectivity index (χ1) is 22.9. The predicted molar refractivity (Wildman–Crippen MR) is 178 cm³/mol. The number of fused-ring (bicyclic) bond motifs is 2. The number of likely N-dealkylation sites (N-methyl/N-ethyl adjacent to an activating group) is 1. The lowest BCUT2D eigenvalue weighted by atomic mass is 9.46. The molecule has 3 N–H and O–H groups in total. The van der Waals surface area contributed by atoms with Crippen LogP contribution in [0.1, 0.15) is 52.9 Å². The molecule has 5 unspecified atom stereocenters. The molecular weight excluding hydrogens is 612 g/mol. The number of hydrogen-bond acceptors (Lipinski definition) is 10. The van der Waals surface area contributed by atoms with Gasteiger partial charge in [-0.15, -0.1) is 0 Å². The second-order valence-corrected chi connectivity index (χ2v) is 14.2. The number of nitrogens with zero attached hydrogens (tertiary/aromatic N) is 3. The second-order valence-electron chi connectivity index (χ2n) is 14.2. The third-order valence-electron chi connectivity index (χ3n) is 11.4. The van der Waals surface area contributed by atoms with Crippen molar-refractivity contribution in [2.24, 2.45) is 22.7 Å². The Hall–Kier alpha value is -4.06. The first kappa shape index (κ1) is 33.8. The number of esters is 2. The Kier molecular flexibility index (Phi) is 9.23. The van der Waals surface area contributed by atoms with Crippen LogP contribution in [0.4, 0.5) is 5.82 Å². The van der Waals surface area contributed by atoms with Crippen molar-refractivity contribution in [1.29, 1.82) is 0 Å². The van der Waals surface area contributed by atoms with Crippen molar-refractivity contribution in [3.63, 3.8) is 0 Å². The van der Waals surface area contributed by atoms with Gasteiger partial charge >= 0.3 is 11.9 Å². The number of anilines is 1. The Morgan fingerprint density at radius 1 is 1.29 bits per heavy atom. The van der Waals surface area contributed by atoms with Crippen LogP contribution in [0.15, 0.2) is 84.0 Å². The van der Waals surface area contributed by atoms with E-state index in [9.17, 15) is 24.6 Å². The van der Waals surface area contributed by atoms with Crippen LogP contribution in [0.5, 0.6) is 0 Å². The summed E-state index contributed by atoms with van der Waals surface area (Å²) in [6.45, 7) is 10.5. The van der Waals surface area contributed by atoms with E-state index in [2.05, 4.69) is 23.8 Å². The molecule has 2 saturated carbocycles. The maximum atomic E-state index is 13.6. The average molecular weight is 659 g/mol. The summed E-state index contributed by atoms with van der Waals surface area (Å²) in [6, 6.07) is 4.06. The molecule has 3 aliphatic heterocycles. The number of aromatic nitrogens is 1. The largest absolute Gasteiger partial charge is 0.464 e. The van der Waals surface area contributed by atoms with E-state index in [0.717, 1.165) is 24.8 Å². The molecule has 1 saturated heterocycles. The fourth-order valence-corrected chi connectivity index (χ4v) is 8.78. The number of carbonyl (C=O) groups excluding carboxylic acids is 3. The molecule has 48 heavy (non-hydrogen) atoms. The Labute approximate surface area is 281 Å². The summed E-state index contributed by atoms with van der Waals surface area (Å²) in [4.78, 5) is 46.8. The van der Waals surface area contributed by atoms with Gasteiger partial charge in [0.05, 0.1) is 30.9 Å². The van der Waals surface area contributed by atoms with Gasteiger partial charge in [0.15, 0.2) is 6.04 Å². The average Bonchev–Trinajstić information content (AvgIpc) is 3.55. The smallest absolute Gasteiger partial charge is 0.341 e. The summed E-state index contributed by atoms with van der Waals surface area (Å²) in [6.07, 6.45) is 13.0. The zero-order valence-electron chi connectivity index (χ0n) is 28.1. The predicted octanol–water partition coefficient (Wildman–Crippen LogP) is 3.85. The highest BCUT2D eigenvalue weighted by molar-refractivity contribution is 6.04. The molecule has 0 spiro atoms. The molecule has 6 rings (SSSR count). The molecule has 1 aromatic heterocycles. The number of nitrogens with one attached hydrogen (secondary N) is 1. The summed E-state index contributed by atoms with van der Waals surface area (Å²) < 4.78 is 10.9. The van der Waals surface area contributed by atoms with Crippen LogP contribution in [-0.4, -0.2) is 87.5 Å². The van der Waals surface area contributed by atoms with Crippen LogP contribution >= 0.6 is 0 Å². The van der Waals surface area contributed by atoms with Gasteiger partial charge in [-0.1, -0.05) is 38.1 Å². The van der Waals surface area contributed by atoms with E-state index in [4.69, 9.17) is 9.47 Å². The molecule has 0 aromatic carbocycles. The van der Waals surface area contributed by atoms with Crippen LogP contribution in [-0.2, 0) is 23.9 Å². The molecule has 2 aliphatic carbocycles. The molecule has 1 aromatic rings. The normalized spacial score (nSPS) is 34.7. The fraction of sp³-hybridized carbons (Fsp3) is 0.514. The van der Waals surface area contributed by atoms with E-state index in [1.807, 2.05) is 37.3 Å². The lowest BCUT2D eigenvalue weighted by Gasteiger charge is -2.60. The van der Waals surface area contributed by atoms with Gasteiger partial charge in [-0.25, -0.2) is 14.6 Å². The first-order valence-corrected chi connectivity index (χ1v) is 16.8. The lowest BCUT2D eigenvalue weighted by molar-refractivity contribution is -0.152. The van der Waals surface area contributed by atoms with Crippen LogP contribution in [0.25, 0.3) is 0 Å². The minimum absolute atomic E-state index is 0.00370. The van der Waals surface area contributed by atoms with Crippen LogP contribution in [0.2, 0.25) is 0 Å². The van der Waals surface area contributed by atoms with Crippen molar-refractivity contribution in [2.75, 3.05) is 25.6 Å². The summed E-state index contributed by atoms with van der Waals surface area (Å²) in [7, 11) is 1.71. The number of pyridine rings is 1. The lowest BCUT2D eigenvalue weighted by Crippen LogP contribution is -2.58. The summed E-state index contributed by atoms with van der Waals surface area (Å²) in [5.41, 5.74) is 1.31. The SMILES string of the molecule is C=C1CCC2[C@](C)(CC[C@@H](O)[C@@]2(C)CO)C1CC(Nc1ccccn1)C1=C/C(=C\C2=CN3C(=O)C(C(=O)OCC)N(C)C3C=C2)OC1=O. The van der Waals surface area contributed by atoms with E-state index in [0.29, 0.717) is 35.6 Å². The maximum Gasteiger partial charge on any atom is 0.341 e. The van der Waals surface area contributed by atoms with Gasteiger partial charge in [0, 0.05) is 17.8 Å². The molecule has 8 atom stereocenters. The standard InChI is InChI=1S/C37H46N4O7/c1-6-47-35(46)32-33(44)41-20-23(11-13-31(41)40(32)5)17-24-18-25(34(45)48-24)27(39-30-9-7-8-16-38-30)19-26-22(2)10-12-28-36(26,3)15-14-29(43)37(28,4)21-42/h7-9,11,13,16-18,20,26-29,31-32,42-43H,2,6,10,12,14-15,19,21H2,1,3-5H3,(H,38,39)/b24-17+/t26?,27?,28?,29-,31?,32?,36-,37+/m1/s1. The number of carbonyl (C=O) groups is 3. The van der Waals surface area contributed by atoms with E-state index in [1.165, 1.54) is 4.90 Å². The number of rotatable bonds is 9. The Balaban J connectivity index is 1.29. The molecule has 0 bridgehead atoms.